The van der Waals surface area contributed by atoms with E-state index < -0.39 is 17.8 Å². The number of benzene rings is 1. The van der Waals surface area contributed by atoms with Gasteiger partial charge in [-0.25, -0.2) is 0 Å². The second kappa shape index (κ2) is 9.67. The number of nitrogens with zero attached hydrogens (tertiary/aromatic N) is 2. The Kier molecular flexibility index (Phi) is 7.53. The van der Waals surface area contributed by atoms with Crippen molar-refractivity contribution in [2.45, 2.75) is 47.0 Å². The molecule has 1 atom stereocenters. The predicted octanol–water partition coefficient (Wildman–Crippen LogP) is 3.96. The zero-order valence-corrected chi connectivity index (χ0v) is 17.0. The summed E-state index contributed by atoms with van der Waals surface area (Å²) in [7, 11) is 0. The average molecular weight is 413 g/mol. The van der Waals surface area contributed by atoms with Crippen molar-refractivity contribution in [1.29, 1.82) is 0 Å². The molecule has 0 aliphatic rings. The monoisotopic (exact) mass is 413 g/mol. The Morgan fingerprint density at radius 1 is 1.17 bits per heavy atom. The zero-order valence-electron chi connectivity index (χ0n) is 17.0. The Balaban J connectivity index is 1.98. The van der Waals surface area contributed by atoms with Crippen LogP contribution >= 0.6 is 0 Å². The van der Waals surface area contributed by atoms with Crippen molar-refractivity contribution in [3.05, 3.63) is 41.2 Å². The number of ether oxygens (including phenoxy) is 2. The average Bonchev–Trinajstić information content (AvgIpc) is 3.03. The van der Waals surface area contributed by atoms with E-state index in [4.69, 9.17) is 9.47 Å². The van der Waals surface area contributed by atoms with Gasteiger partial charge in [-0.2, -0.15) is 18.3 Å². The summed E-state index contributed by atoms with van der Waals surface area (Å²) in [4.78, 5) is 12.4. The topological polar surface area (TPSA) is 65.4 Å². The minimum atomic E-state index is -4.51. The molecule has 0 aliphatic heterocycles. The number of carbonyl (C=O) groups is 1. The molecule has 0 radical (unpaired) electrons. The number of aryl methyl sites for hydroxylation is 1. The highest BCUT2D eigenvalue weighted by atomic mass is 19.4. The molecule has 0 saturated carbocycles. The third-order valence-corrected chi connectivity index (χ3v) is 4.24. The number of rotatable bonds is 9. The molecule has 160 valence electrons. The maximum Gasteiger partial charge on any atom is 0.435 e. The predicted molar refractivity (Wildman–Crippen MR) is 102 cm³/mol. The van der Waals surface area contributed by atoms with Crippen molar-refractivity contribution in [1.82, 2.24) is 15.1 Å². The number of aromatic nitrogens is 2. The van der Waals surface area contributed by atoms with Crippen molar-refractivity contribution >= 4 is 5.91 Å². The summed E-state index contributed by atoms with van der Waals surface area (Å²) >= 11 is 0. The summed E-state index contributed by atoms with van der Waals surface area (Å²) in [5.41, 5.74) is 0.220. The molecule has 1 amide bonds. The maximum atomic E-state index is 12.8. The van der Waals surface area contributed by atoms with Crippen LogP contribution in [0.15, 0.2) is 24.3 Å². The van der Waals surface area contributed by atoms with E-state index in [1.54, 1.807) is 19.1 Å². The van der Waals surface area contributed by atoms with Crippen LogP contribution in [0, 0.1) is 12.8 Å². The van der Waals surface area contributed by atoms with Gasteiger partial charge in [-0.05, 0) is 44.5 Å². The molecule has 29 heavy (non-hydrogen) atoms. The molecule has 2 rings (SSSR count). The van der Waals surface area contributed by atoms with Gasteiger partial charge in [0.05, 0.1) is 25.7 Å². The van der Waals surface area contributed by atoms with Crippen LogP contribution in [0.3, 0.4) is 0 Å². The molecule has 1 N–H and O–H groups in total. The molecule has 1 unspecified atom stereocenters. The fraction of sp³-hybridized carbons (Fsp3) is 0.500. The number of alkyl halides is 3. The van der Waals surface area contributed by atoms with Gasteiger partial charge in [-0.3, -0.25) is 9.48 Å². The Morgan fingerprint density at radius 2 is 1.83 bits per heavy atom. The molecule has 1 heterocycles. The van der Waals surface area contributed by atoms with Crippen LogP contribution in [-0.2, 0) is 24.1 Å². The fourth-order valence-electron chi connectivity index (χ4n) is 2.74. The van der Waals surface area contributed by atoms with E-state index in [0.717, 1.165) is 11.6 Å². The third-order valence-electron chi connectivity index (χ3n) is 4.24. The molecular formula is C20H26F3N3O3. The van der Waals surface area contributed by atoms with Gasteiger partial charge in [0.25, 0.3) is 0 Å². The summed E-state index contributed by atoms with van der Waals surface area (Å²) in [6.07, 6.45) is -4.51. The number of carbonyl (C=O) groups excluding carboxylic acids is 1. The standard InChI is InChI=1S/C20H26F3N3O3/c1-5-28-16-8-7-15(10-17(16)29-6-2)11-24-19(27)13(3)12-26-14(4)9-18(25-26)20(21,22)23/h7-10,13H,5-6,11-12H2,1-4H3,(H,24,27). The second-order valence-electron chi connectivity index (χ2n) is 6.62. The number of hydrogen-bond acceptors (Lipinski definition) is 4. The van der Waals surface area contributed by atoms with Crippen LogP contribution in [0.2, 0.25) is 0 Å². The minimum absolute atomic E-state index is 0.0568. The number of halogens is 3. The zero-order chi connectivity index (χ0) is 21.6. The van der Waals surface area contributed by atoms with E-state index in [2.05, 4.69) is 10.4 Å². The lowest BCUT2D eigenvalue weighted by Crippen LogP contribution is -2.31. The van der Waals surface area contributed by atoms with Gasteiger partial charge in [0.1, 0.15) is 0 Å². The lowest BCUT2D eigenvalue weighted by atomic mass is 10.1. The van der Waals surface area contributed by atoms with E-state index in [1.165, 1.54) is 11.6 Å². The molecule has 0 aliphatic carbocycles. The highest BCUT2D eigenvalue weighted by Crippen LogP contribution is 2.29. The Morgan fingerprint density at radius 3 is 2.41 bits per heavy atom. The first-order valence-corrected chi connectivity index (χ1v) is 9.43. The summed E-state index contributed by atoms with van der Waals surface area (Å²) < 4.78 is 50.6. The first kappa shape index (κ1) is 22.6. The van der Waals surface area contributed by atoms with Crippen LogP contribution in [0.5, 0.6) is 11.5 Å². The van der Waals surface area contributed by atoms with E-state index in [-0.39, 0.29) is 19.0 Å². The molecule has 2 aromatic rings. The molecule has 1 aromatic heterocycles. The largest absolute Gasteiger partial charge is 0.490 e. The Labute approximate surface area is 168 Å². The van der Waals surface area contributed by atoms with Crippen LogP contribution < -0.4 is 14.8 Å². The van der Waals surface area contributed by atoms with Crippen molar-refractivity contribution in [2.24, 2.45) is 5.92 Å². The summed E-state index contributed by atoms with van der Waals surface area (Å²) in [5, 5.41) is 6.36. The molecule has 0 fully saturated rings. The van der Waals surface area contributed by atoms with Gasteiger partial charge < -0.3 is 14.8 Å². The first-order chi connectivity index (χ1) is 13.7. The molecule has 1 aromatic carbocycles. The number of hydrogen-bond donors (Lipinski definition) is 1. The molecule has 6 nitrogen and oxygen atoms in total. The van der Waals surface area contributed by atoms with Gasteiger partial charge in [0.2, 0.25) is 5.91 Å². The van der Waals surface area contributed by atoms with Gasteiger partial charge in [-0.15, -0.1) is 0 Å². The van der Waals surface area contributed by atoms with E-state index in [9.17, 15) is 18.0 Å². The second-order valence-corrected chi connectivity index (χ2v) is 6.62. The smallest absolute Gasteiger partial charge is 0.435 e. The fourth-order valence-corrected chi connectivity index (χ4v) is 2.74. The maximum absolute atomic E-state index is 12.8. The summed E-state index contributed by atoms with van der Waals surface area (Å²) in [6.45, 7) is 8.24. The molecule has 9 heteroatoms. The van der Waals surface area contributed by atoms with Crippen LogP contribution in [0.4, 0.5) is 13.2 Å². The lowest BCUT2D eigenvalue weighted by Gasteiger charge is -2.15. The molecular weight excluding hydrogens is 387 g/mol. The number of amides is 1. The lowest BCUT2D eigenvalue weighted by molar-refractivity contribution is -0.141. The van der Waals surface area contributed by atoms with Gasteiger partial charge in [-0.1, -0.05) is 13.0 Å². The normalized spacial score (nSPS) is 12.5. The summed E-state index contributed by atoms with van der Waals surface area (Å²) in [5.74, 6) is 0.400. The third kappa shape index (κ3) is 6.13. The SMILES string of the molecule is CCOc1ccc(CNC(=O)C(C)Cn2nc(C(F)(F)F)cc2C)cc1OCC. The van der Waals surface area contributed by atoms with Crippen molar-refractivity contribution in [2.75, 3.05) is 13.2 Å². The molecule has 0 spiro atoms. The molecule has 0 saturated heterocycles. The van der Waals surface area contributed by atoms with E-state index >= 15 is 0 Å². The highest BCUT2D eigenvalue weighted by Gasteiger charge is 2.34. The summed E-state index contributed by atoms with van der Waals surface area (Å²) in [6, 6.07) is 6.38. The van der Waals surface area contributed by atoms with Crippen LogP contribution in [0.25, 0.3) is 0 Å². The van der Waals surface area contributed by atoms with Crippen LogP contribution in [-0.4, -0.2) is 28.9 Å². The van der Waals surface area contributed by atoms with Crippen molar-refractivity contribution in [3.8, 4) is 11.5 Å². The first-order valence-electron chi connectivity index (χ1n) is 9.43. The van der Waals surface area contributed by atoms with E-state index in [1.807, 2.05) is 19.9 Å². The Hall–Kier alpha value is -2.71. The van der Waals surface area contributed by atoms with Gasteiger partial charge >= 0.3 is 6.18 Å². The molecule has 0 bridgehead atoms. The Bertz CT molecular complexity index is 834. The van der Waals surface area contributed by atoms with E-state index in [0.29, 0.717) is 30.4 Å². The quantitative estimate of drug-likeness (QED) is 0.676. The van der Waals surface area contributed by atoms with Crippen LogP contribution in [0.1, 0.15) is 37.7 Å². The minimum Gasteiger partial charge on any atom is -0.490 e. The van der Waals surface area contributed by atoms with Crippen molar-refractivity contribution in [3.63, 3.8) is 0 Å². The van der Waals surface area contributed by atoms with Gasteiger partial charge in [0.15, 0.2) is 17.2 Å². The number of nitrogens with one attached hydrogen (secondary N) is 1. The van der Waals surface area contributed by atoms with Gasteiger partial charge in [0, 0.05) is 12.2 Å². The van der Waals surface area contributed by atoms with Crippen molar-refractivity contribution < 1.29 is 27.4 Å². The highest BCUT2D eigenvalue weighted by molar-refractivity contribution is 5.78.